The molecule has 0 N–H and O–H groups in total. The number of aromatic nitrogens is 2. The van der Waals surface area contributed by atoms with Crippen LogP contribution in [0.2, 0.25) is 0 Å². The number of nitrogens with zero attached hydrogens (tertiary/aromatic N) is 2. The zero-order chi connectivity index (χ0) is 24.5. The first-order valence-electron chi connectivity index (χ1n) is 11.7. The fraction of sp³-hybridized carbons (Fsp3) is 0.407. The summed E-state index contributed by atoms with van der Waals surface area (Å²) in [5.41, 5.74) is 2.67. The van der Waals surface area contributed by atoms with Gasteiger partial charge in [0.2, 0.25) is 0 Å². The zero-order valence-electron chi connectivity index (χ0n) is 19.2. The van der Waals surface area contributed by atoms with Gasteiger partial charge in [-0.2, -0.15) is 0 Å². The Labute approximate surface area is 226 Å². The summed E-state index contributed by atoms with van der Waals surface area (Å²) in [5.74, 6) is 0.960. The van der Waals surface area contributed by atoms with Crippen LogP contribution in [0.5, 0.6) is 0 Å². The predicted molar refractivity (Wildman–Crippen MR) is 146 cm³/mol. The van der Waals surface area contributed by atoms with Gasteiger partial charge in [-0.05, 0) is 103 Å². The van der Waals surface area contributed by atoms with E-state index in [0.29, 0.717) is 20.6 Å². The van der Waals surface area contributed by atoms with Crippen molar-refractivity contribution >= 4 is 47.8 Å². The van der Waals surface area contributed by atoms with Crippen molar-refractivity contribution in [3.8, 4) is 11.3 Å². The minimum atomic E-state index is -0.357. The second-order valence-corrected chi connectivity index (χ2v) is 11.3. The van der Waals surface area contributed by atoms with Gasteiger partial charge in [0.1, 0.15) is 10.3 Å². The van der Waals surface area contributed by atoms with Crippen LogP contribution in [0.25, 0.3) is 11.3 Å². The molecule has 1 aliphatic carbocycles. The van der Waals surface area contributed by atoms with Crippen LogP contribution < -0.4 is 0 Å². The van der Waals surface area contributed by atoms with Gasteiger partial charge in [0.25, 0.3) is 0 Å². The normalized spacial score (nSPS) is 17.7. The average molecular weight is 659 g/mol. The van der Waals surface area contributed by atoms with Crippen molar-refractivity contribution in [1.82, 2.24) is 9.97 Å². The lowest BCUT2D eigenvalue weighted by Crippen LogP contribution is -2.13. The average Bonchev–Trinajstić information content (AvgIpc) is 2.83. The molecule has 0 amide bonds. The third-order valence-corrected chi connectivity index (χ3v) is 7.74. The van der Waals surface area contributed by atoms with Gasteiger partial charge in [-0.25, -0.2) is 13.8 Å². The molecule has 7 heteroatoms. The smallest absolute Gasteiger partial charge is 0.157 e. The van der Waals surface area contributed by atoms with E-state index in [-0.39, 0.29) is 16.2 Å². The highest BCUT2D eigenvalue weighted by Gasteiger charge is 2.22. The molecule has 2 aromatic heterocycles. The lowest BCUT2D eigenvalue weighted by molar-refractivity contribution is 0.303. The van der Waals surface area contributed by atoms with Crippen LogP contribution in [-0.2, 0) is 0 Å². The standard InChI is InChI=1S/C22H27BrFN.C5H2Br2FN/c1-2-3-4-5-16-6-8-17(9-7-16)18-10-12-19(13-11-18)22-21(24)14-20(23)15-25-22;6-3-1-4(8)5(7)9-2-3/h10-17H,2-9H2,1H3;1-2H. The first-order chi connectivity index (χ1) is 16.4. The van der Waals surface area contributed by atoms with Crippen molar-refractivity contribution in [3.63, 3.8) is 0 Å². The lowest BCUT2D eigenvalue weighted by Gasteiger charge is -2.29. The molecule has 0 aliphatic heterocycles. The number of benzene rings is 1. The Bertz CT molecular complexity index is 1050. The molecule has 34 heavy (non-hydrogen) atoms. The van der Waals surface area contributed by atoms with Gasteiger partial charge in [0.15, 0.2) is 11.6 Å². The summed E-state index contributed by atoms with van der Waals surface area (Å²) < 4.78 is 28.1. The highest BCUT2D eigenvalue weighted by molar-refractivity contribution is 9.11. The van der Waals surface area contributed by atoms with E-state index >= 15 is 0 Å². The molecule has 3 aromatic rings. The van der Waals surface area contributed by atoms with E-state index in [1.807, 2.05) is 12.1 Å². The minimum absolute atomic E-state index is 0.241. The number of hydrogen-bond acceptors (Lipinski definition) is 2. The molecule has 0 saturated heterocycles. The van der Waals surface area contributed by atoms with Gasteiger partial charge in [-0.1, -0.05) is 56.9 Å². The zero-order valence-corrected chi connectivity index (χ0v) is 24.0. The van der Waals surface area contributed by atoms with E-state index in [1.165, 1.54) is 75.3 Å². The van der Waals surface area contributed by atoms with Gasteiger partial charge < -0.3 is 0 Å². The van der Waals surface area contributed by atoms with E-state index in [1.54, 1.807) is 6.20 Å². The molecule has 0 radical (unpaired) electrons. The van der Waals surface area contributed by atoms with Crippen LogP contribution in [-0.4, -0.2) is 9.97 Å². The van der Waals surface area contributed by atoms with Crippen LogP contribution in [0.15, 0.2) is 62.3 Å². The Morgan fingerprint density at radius 3 is 2.00 bits per heavy atom. The van der Waals surface area contributed by atoms with Crippen molar-refractivity contribution in [3.05, 3.63) is 79.5 Å². The maximum Gasteiger partial charge on any atom is 0.157 e. The highest BCUT2D eigenvalue weighted by Crippen LogP contribution is 2.38. The second-order valence-electron chi connectivity index (χ2n) is 8.75. The highest BCUT2D eigenvalue weighted by atomic mass is 79.9. The molecule has 182 valence electrons. The molecule has 0 unspecified atom stereocenters. The Morgan fingerprint density at radius 1 is 0.824 bits per heavy atom. The summed E-state index contributed by atoms with van der Waals surface area (Å²) in [7, 11) is 0. The summed E-state index contributed by atoms with van der Waals surface area (Å²) in [5, 5.41) is 0. The molecule has 1 fully saturated rings. The summed E-state index contributed by atoms with van der Waals surface area (Å²) in [4.78, 5) is 7.89. The van der Waals surface area contributed by atoms with Crippen LogP contribution >= 0.6 is 47.8 Å². The van der Waals surface area contributed by atoms with Gasteiger partial charge >= 0.3 is 0 Å². The van der Waals surface area contributed by atoms with Gasteiger partial charge in [-0.3, -0.25) is 4.98 Å². The molecule has 0 spiro atoms. The second kappa shape index (κ2) is 13.8. The number of rotatable bonds is 6. The lowest BCUT2D eigenvalue weighted by atomic mass is 9.77. The molecule has 2 heterocycles. The third kappa shape index (κ3) is 8.20. The quantitative estimate of drug-likeness (QED) is 0.195. The van der Waals surface area contributed by atoms with Crippen LogP contribution in [0.3, 0.4) is 0 Å². The largest absolute Gasteiger partial charge is 0.252 e. The van der Waals surface area contributed by atoms with Crippen LogP contribution in [0, 0.1) is 17.6 Å². The number of halogens is 5. The van der Waals surface area contributed by atoms with Crippen molar-refractivity contribution in [1.29, 1.82) is 0 Å². The SMILES string of the molecule is CCCCCC1CCC(c2ccc(-c3ncc(Br)cc3F)cc2)CC1.Fc1cc(Br)cnc1Br. The first-order valence-corrected chi connectivity index (χ1v) is 14.1. The van der Waals surface area contributed by atoms with Crippen molar-refractivity contribution in [2.24, 2.45) is 5.92 Å². The molecule has 4 rings (SSSR count). The number of hydrogen-bond donors (Lipinski definition) is 0. The van der Waals surface area contributed by atoms with E-state index in [2.05, 4.69) is 76.8 Å². The molecule has 1 saturated carbocycles. The minimum Gasteiger partial charge on any atom is -0.252 e. The number of unbranched alkanes of at least 4 members (excludes halogenated alkanes) is 2. The van der Waals surface area contributed by atoms with Crippen molar-refractivity contribution in [2.45, 2.75) is 64.2 Å². The molecule has 1 aromatic carbocycles. The maximum atomic E-state index is 14.1. The maximum absolute atomic E-state index is 14.1. The fourth-order valence-electron chi connectivity index (χ4n) is 4.41. The predicted octanol–water partition coefficient (Wildman–Crippen LogP) is 10.2. The summed E-state index contributed by atoms with van der Waals surface area (Å²) in [6.45, 7) is 2.27. The Morgan fingerprint density at radius 2 is 1.44 bits per heavy atom. The van der Waals surface area contributed by atoms with Crippen molar-refractivity contribution < 1.29 is 8.78 Å². The Balaban J connectivity index is 0.000000302. The monoisotopic (exact) mass is 656 g/mol. The van der Waals surface area contributed by atoms with Gasteiger partial charge in [0.05, 0.1) is 0 Å². The van der Waals surface area contributed by atoms with E-state index in [9.17, 15) is 8.78 Å². The molecule has 1 aliphatic rings. The summed E-state index contributed by atoms with van der Waals surface area (Å²) in [6.07, 6.45) is 14.0. The molecule has 0 bridgehead atoms. The Kier molecular flexibility index (Phi) is 11.1. The molecular weight excluding hydrogens is 630 g/mol. The number of pyridine rings is 2. The van der Waals surface area contributed by atoms with Gasteiger partial charge in [0, 0.05) is 26.9 Å². The van der Waals surface area contributed by atoms with Crippen molar-refractivity contribution in [2.75, 3.05) is 0 Å². The summed E-state index contributed by atoms with van der Waals surface area (Å²) >= 11 is 9.25. The topological polar surface area (TPSA) is 25.8 Å². The van der Waals surface area contributed by atoms with Crippen LogP contribution in [0.4, 0.5) is 8.78 Å². The molecular formula is C27H29Br3F2N2. The van der Waals surface area contributed by atoms with Crippen LogP contribution in [0.1, 0.15) is 69.8 Å². The fourth-order valence-corrected chi connectivity index (χ4v) is 5.23. The van der Waals surface area contributed by atoms with E-state index in [0.717, 1.165) is 11.5 Å². The van der Waals surface area contributed by atoms with Gasteiger partial charge in [-0.15, -0.1) is 0 Å². The molecule has 2 nitrogen and oxygen atoms in total. The third-order valence-electron chi connectivity index (χ3n) is 6.29. The summed E-state index contributed by atoms with van der Waals surface area (Å²) in [6, 6.07) is 11.2. The first kappa shape index (κ1) is 27.4. The van der Waals surface area contributed by atoms with E-state index in [4.69, 9.17) is 0 Å². The Hall–Kier alpha value is -1.18. The molecule has 0 atom stereocenters. The van der Waals surface area contributed by atoms with E-state index < -0.39 is 0 Å².